The summed E-state index contributed by atoms with van der Waals surface area (Å²) < 4.78 is 6.34. The minimum atomic E-state index is -0.757. The number of aromatic nitrogens is 1. The van der Waals surface area contributed by atoms with E-state index < -0.39 is 27.1 Å². The van der Waals surface area contributed by atoms with Crippen LogP contribution in [0.1, 0.15) is 23.7 Å². The van der Waals surface area contributed by atoms with Gasteiger partial charge in [-0.05, 0) is 52.2 Å². The zero-order valence-electron chi connectivity index (χ0n) is 18.4. The topological polar surface area (TPSA) is 132 Å². The van der Waals surface area contributed by atoms with Crippen molar-refractivity contribution >= 4 is 44.0 Å². The first-order valence-corrected chi connectivity index (χ1v) is 10.9. The van der Waals surface area contributed by atoms with Crippen molar-refractivity contribution in [3.63, 3.8) is 0 Å². The van der Waals surface area contributed by atoms with Crippen molar-refractivity contribution in [2.75, 3.05) is 38.7 Å². The number of hydrogen-bond donors (Lipinski definition) is 0. The van der Waals surface area contributed by atoms with E-state index in [1.165, 1.54) is 16.2 Å². The average molecular weight is 474 g/mol. The molecule has 0 saturated heterocycles. The lowest BCUT2D eigenvalue weighted by Crippen LogP contribution is -2.33. The fraction of sp³-hybridized carbons (Fsp3) is 0.333. The lowest BCUT2D eigenvalue weighted by atomic mass is 10.1. The summed E-state index contributed by atoms with van der Waals surface area (Å²) in [6.07, 6.45) is 0.607. The Labute approximate surface area is 193 Å². The molecule has 33 heavy (non-hydrogen) atoms. The highest BCUT2D eigenvalue weighted by molar-refractivity contribution is 7.22. The zero-order chi connectivity index (χ0) is 24.1. The molecular formula is C21H23N5O6S. The maximum Gasteiger partial charge on any atom is 0.277 e. The molecule has 0 fully saturated rings. The third-order valence-electron chi connectivity index (χ3n) is 4.69. The van der Waals surface area contributed by atoms with Crippen molar-refractivity contribution in [2.45, 2.75) is 13.3 Å². The first-order chi connectivity index (χ1) is 15.7. The number of nitrogens with zero attached hydrogens (tertiary/aromatic N) is 5. The summed E-state index contributed by atoms with van der Waals surface area (Å²) >= 11 is 1.28. The van der Waals surface area contributed by atoms with Gasteiger partial charge in [-0.1, -0.05) is 11.3 Å². The quantitative estimate of drug-likeness (QED) is 0.317. The number of rotatable bonds is 10. The second-order valence-corrected chi connectivity index (χ2v) is 8.43. The Kier molecular flexibility index (Phi) is 7.51. The van der Waals surface area contributed by atoms with E-state index in [2.05, 4.69) is 4.98 Å². The molecule has 0 bridgehead atoms. The van der Waals surface area contributed by atoms with E-state index in [9.17, 15) is 25.0 Å². The predicted molar refractivity (Wildman–Crippen MR) is 125 cm³/mol. The fourth-order valence-corrected chi connectivity index (χ4v) is 4.20. The molecule has 0 N–H and O–H groups in total. The van der Waals surface area contributed by atoms with Crippen LogP contribution in [0, 0.1) is 20.2 Å². The number of nitro benzene ring substituents is 2. The van der Waals surface area contributed by atoms with E-state index in [-0.39, 0.29) is 12.1 Å². The number of carbonyl (C=O) groups excluding carboxylic acids is 1. The van der Waals surface area contributed by atoms with Crippen LogP contribution in [0.2, 0.25) is 0 Å². The third kappa shape index (κ3) is 5.79. The molecule has 11 nitrogen and oxygen atoms in total. The normalized spacial score (nSPS) is 11.0. The molecule has 1 aromatic heterocycles. The molecule has 0 unspecified atom stereocenters. The van der Waals surface area contributed by atoms with Gasteiger partial charge in [0.1, 0.15) is 5.75 Å². The number of anilines is 1. The highest BCUT2D eigenvalue weighted by Crippen LogP contribution is 2.33. The molecule has 3 aromatic rings. The summed E-state index contributed by atoms with van der Waals surface area (Å²) in [5.41, 5.74) is -0.512. The van der Waals surface area contributed by atoms with E-state index in [1.807, 2.05) is 32.0 Å². The van der Waals surface area contributed by atoms with Crippen molar-refractivity contribution in [1.82, 2.24) is 9.88 Å². The molecule has 0 atom stereocenters. The molecule has 174 valence electrons. The van der Waals surface area contributed by atoms with E-state index >= 15 is 0 Å². The maximum atomic E-state index is 13.4. The van der Waals surface area contributed by atoms with Gasteiger partial charge in [-0.3, -0.25) is 29.9 Å². The summed E-state index contributed by atoms with van der Waals surface area (Å²) in [6.45, 7) is 3.37. The lowest BCUT2D eigenvalue weighted by molar-refractivity contribution is -0.394. The molecule has 0 aliphatic carbocycles. The minimum absolute atomic E-state index is 0.144. The van der Waals surface area contributed by atoms with Crippen LogP contribution in [-0.2, 0) is 0 Å². The second-order valence-electron chi connectivity index (χ2n) is 7.42. The molecule has 1 amide bonds. The van der Waals surface area contributed by atoms with Crippen LogP contribution >= 0.6 is 11.3 Å². The number of non-ortho nitro benzene ring substituents is 2. The van der Waals surface area contributed by atoms with Crippen LogP contribution in [-0.4, -0.2) is 59.4 Å². The minimum Gasteiger partial charge on any atom is -0.494 e. The third-order valence-corrected chi connectivity index (χ3v) is 5.73. The van der Waals surface area contributed by atoms with Gasteiger partial charge in [-0.15, -0.1) is 0 Å². The predicted octanol–water partition coefficient (Wildman–Crippen LogP) is 4.11. The van der Waals surface area contributed by atoms with Gasteiger partial charge < -0.3 is 9.64 Å². The molecule has 0 aliphatic heterocycles. The Morgan fingerprint density at radius 1 is 1.06 bits per heavy atom. The van der Waals surface area contributed by atoms with Crippen LogP contribution in [0.5, 0.6) is 5.75 Å². The second kappa shape index (κ2) is 10.3. The van der Waals surface area contributed by atoms with Crippen LogP contribution in [0.4, 0.5) is 16.5 Å². The van der Waals surface area contributed by atoms with Gasteiger partial charge >= 0.3 is 0 Å². The van der Waals surface area contributed by atoms with Gasteiger partial charge in [0, 0.05) is 18.7 Å². The Hall–Kier alpha value is -3.64. The summed E-state index contributed by atoms with van der Waals surface area (Å²) in [5, 5.41) is 22.9. The Bertz CT molecular complexity index is 1160. The van der Waals surface area contributed by atoms with Gasteiger partial charge in [-0.25, -0.2) is 4.98 Å². The number of benzene rings is 2. The summed E-state index contributed by atoms with van der Waals surface area (Å²) in [7, 11) is 3.81. The molecule has 3 rings (SSSR count). The van der Waals surface area contributed by atoms with E-state index in [0.717, 1.165) is 22.9 Å². The largest absolute Gasteiger partial charge is 0.494 e. The standard InChI is InChI=1S/C21H23N5O6S/c1-4-32-17-6-7-18-19(13-17)33-21(22-18)24(9-5-8-23(2)3)20(27)14-10-15(25(28)29)12-16(11-14)26(30)31/h6-7,10-13H,4-5,8-9H2,1-3H3. The van der Waals surface area contributed by atoms with Gasteiger partial charge in [0.15, 0.2) is 5.13 Å². The van der Waals surface area contributed by atoms with Crippen LogP contribution in [0.3, 0.4) is 0 Å². The lowest BCUT2D eigenvalue weighted by Gasteiger charge is -2.21. The maximum absolute atomic E-state index is 13.4. The number of ether oxygens (including phenoxy) is 1. The smallest absolute Gasteiger partial charge is 0.277 e. The van der Waals surface area contributed by atoms with Gasteiger partial charge in [-0.2, -0.15) is 0 Å². The molecule has 1 heterocycles. The highest BCUT2D eigenvalue weighted by Gasteiger charge is 2.26. The molecule has 0 radical (unpaired) electrons. The van der Waals surface area contributed by atoms with Crippen molar-refractivity contribution in [1.29, 1.82) is 0 Å². The van der Waals surface area contributed by atoms with E-state index in [0.29, 0.717) is 36.0 Å². The Morgan fingerprint density at radius 2 is 1.73 bits per heavy atom. The zero-order valence-corrected chi connectivity index (χ0v) is 19.2. The molecule has 12 heteroatoms. The fourth-order valence-electron chi connectivity index (χ4n) is 3.18. The first kappa shape index (κ1) is 24.0. The molecular weight excluding hydrogens is 450 g/mol. The number of fused-ring (bicyclic) bond motifs is 1. The molecule has 0 spiro atoms. The van der Waals surface area contributed by atoms with Crippen molar-refractivity contribution in [3.05, 3.63) is 62.2 Å². The highest BCUT2D eigenvalue weighted by atomic mass is 32.1. The van der Waals surface area contributed by atoms with Gasteiger partial charge in [0.05, 0.1) is 38.3 Å². The van der Waals surface area contributed by atoms with Crippen LogP contribution < -0.4 is 9.64 Å². The van der Waals surface area contributed by atoms with Crippen LogP contribution in [0.25, 0.3) is 10.2 Å². The molecule has 0 saturated carbocycles. The SMILES string of the molecule is CCOc1ccc2nc(N(CCCN(C)C)C(=O)c3cc([N+](=O)[O-])cc([N+](=O)[O-])c3)sc2c1. The van der Waals surface area contributed by atoms with Crippen molar-refractivity contribution in [2.24, 2.45) is 0 Å². The Morgan fingerprint density at radius 3 is 2.30 bits per heavy atom. The summed E-state index contributed by atoms with van der Waals surface area (Å²) in [5.74, 6) is 0.0876. The number of nitro groups is 2. The van der Waals surface area contributed by atoms with E-state index in [1.54, 1.807) is 12.1 Å². The monoisotopic (exact) mass is 473 g/mol. The first-order valence-electron chi connectivity index (χ1n) is 10.1. The number of hydrogen-bond acceptors (Lipinski definition) is 9. The average Bonchev–Trinajstić information content (AvgIpc) is 3.19. The van der Waals surface area contributed by atoms with Crippen LogP contribution in [0.15, 0.2) is 36.4 Å². The van der Waals surface area contributed by atoms with Gasteiger partial charge in [0.2, 0.25) is 0 Å². The van der Waals surface area contributed by atoms with Gasteiger partial charge in [0.25, 0.3) is 17.3 Å². The molecule has 2 aromatic carbocycles. The van der Waals surface area contributed by atoms with Crippen molar-refractivity contribution in [3.8, 4) is 5.75 Å². The number of thiazole rings is 1. The number of amides is 1. The van der Waals surface area contributed by atoms with E-state index in [4.69, 9.17) is 4.74 Å². The number of carbonyl (C=O) groups is 1. The van der Waals surface area contributed by atoms with Crippen molar-refractivity contribution < 1.29 is 19.4 Å². The summed E-state index contributed by atoms with van der Waals surface area (Å²) in [6, 6.07) is 8.35. The molecule has 0 aliphatic rings. The Balaban J connectivity index is 2.03. The summed E-state index contributed by atoms with van der Waals surface area (Å²) in [4.78, 5) is 42.4.